The van der Waals surface area contributed by atoms with Gasteiger partial charge in [0.2, 0.25) is 0 Å². The first-order valence-electron chi connectivity index (χ1n) is 14.3. The third-order valence-electron chi connectivity index (χ3n) is 8.66. The van der Waals surface area contributed by atoms with Gasteiger partial charge in [0.25, 0.3) is 5.09 Å². The predicted octanol–water partition coefficient (Wildman–Crippen LogP) is 1.32. The van der Waals surface area contributed by atoms with Gasteiger partial charge in [0.1, 0.15) is 17.3 Å². The summed E-state index contributed by atoms with van der Waals surface area (Å²) in [6.45, 7) is 7.81. The Bertz CT molecular complexity index is 1180. The zero-order valence-corrected chi connectivity index (χ0v) is 27.9. The van der Waals surface area contributed by atoms with E-state index in [1.807, 2.05) is 21.1 Å². The zero-order valence-electron chi connectivity index (χ0n) is 25.7. The summed E-state index contributed by atoms with van der Waals surface area (Å²) in [5.41, 5.74) is -0.503. The molecular formula is C30H45IN2O9. The molecule has 3 aliphatic carbocycles. The SMILES string of the molecule is CC(C)(C(=O)OCCCCCCO[N+](=O)[O-])c1cc(O)c([C@H]2CC(=O)[C@H]3C[C@@H]2C3(C)C)c(OC(=O)C[N+](C)(C)C)c1.[I-]. The number of carbonyl (C=O) groups is 3. The molecule has 3 atom stereocenters. The van der Waals surface area contributed by atoms with Crippen molar-refractivity contribution in [3.05, 3.63) is 33.4 Å². The molecule has 1 aromatic rings. The number of quaternary nitrogens is 1. The van der Waals surface area contributed by atoms with Gasteiger partial charge >= 0.3 is 11.9 Å². The highest BCUT2D eigenvalue weighted by molar-refractivity contribution is 5.87. The molecule has 4 rings (SSSR count). The maximum Gasteiger partial charge on any atom is 0.367 e. The lowest BCUT2D eigenvalue weighted by Crippen LogP contribution is -3.00. The van der Waals surface area contributed by atoms with Crippen LogP contribution in [0.1, 0.15) is 83.3 Å². The summed E-state index contributed by atoms with van der Waals surface area (Å²) in [7, 11) is 5.60. The largest absolute Gasteiger partial charge is 1.00 e. The van der Waals surface area contributed by atoms with E-state index in [9.17, 15) is 29.6 Å². The van der Waals surface area contributed by atoms with Gasteiger partial charge in [-0.2, -0.15) is 0 Å². The number of fused-ring (bicyclic) bond motifs is 2. The van der Waals surface area contributed by atoms with Gasteiger partial charge in [-0.1, -0.05) is 20.3 Å². The van der Waals surface area contributed by atoms with Gasteiger partial charge in [-0.25, -0.2) is 4.79 Å². The molecule has 3 fully saturated rings. The Balaban J connectivity index is 0.00000616. The number of benzene rings is 1. The second-order valence-electron chi connectivity index (χ2n) is 13.6. The van der Waals surface area contributed by atoms with E-state index in [1.165, 1.54) is 6.07 Å². The molecule has 12 heteroatoms. The van der Waals surface area contributed by atoms with Crippen molar-refractivity contribution in [2.45, 2.75) is 77.6 Å². The number of nitrogens with zero attached hydrogens (tertiary/aromatic N) is 2. The van der Waals surface area contributed by atoms with Crippen molar-refractivity contribution in [3.63, 3.8) is 0 Å². The Hall–Kier alpha value is -2.48. The van der Waals surface area contributed by atoms with Crippen molar-refractivity contribution >= 4 is 17.7 Å². The number of phenols is 1. The van der Waals surface area contributed by atoms with Crippen LogP contribution in [0.4, 0.5) is 0 Å². The number of carbonyl (C=O) groups excluding carboxylic acids is 3. The van der Waals surface area contributed by atoms with Gasteiger partial charge in [0.05, 0.1) is 39.8 Å². The normalized spacial score (nSPS) is 21.0. The Morgan fingerprint density at radius 1 is 1.12 bits per heavy atom. The molecule has 42 heavy (non-hydrogen) atoms. The number of ketones is 1. The summed E-state index contributed by atoms with van der Waals surface area (Å²) in [6, 6.07) is 3.15. The fourth-order valence-electron chi connectivity index (χ4n) is 6.13. The quantitative estimate of drug-likeness (QED) is 0.0578. The van der Waals surface area contributed by atoms with E-state index in [0.717, 1.165) is 12.8 Å². The van der Waals surface area contributed by atoms with E-state index < -0.39 is 22.4 Å². The van der Waals surface area contributed by atoms with Crippen LogP contribution >= 0.6 is 0 Å². The summed E-state index contributed by atoms with van der Waals surface area (Å²) in [5.74, 6) is -0.882. The molecule has 0 aromatic heterocycles. The van der Waals surface area contributed by atoms with Crippen LogP contribution in [-0.4, -0.2) is 73.3 Å². The number of Topliss-reactive ketones (excluding diaryl/α,β-unsaturated/α-hetero) is 1. The van der Waals surface area contributed by atoms with E-state index in [1.54, 1.807) is 19.9 Å². The molecular weight excluding hydrogens is 659 g/mol. The Morgan fingerprint density at radius 3 is 2.29 bits per heavy atom. The number of unbranched alkanes of at least 4 members (excludes halogenated alkanes) is 3. The maximum atomic E-state index is 13.1. The number of rotatable bonds is 14. The van der Waals surface area contributed by atoms with Crippen LogP contribution in [0.5, 0.6) is 11.5 Å². The van der Waals surface area contributed by atoms with Crippen molar-refractivity contribution in [1.29, 1.82) is 0 Å². The van der Waals surface area contributed by atoms with Crippen molar-refractivity contribution in [2.75, 3.05) is 40.9 Å². The minimum Gasteiger partial charge on any atom is -1.00 e. The second kappa shape index (κ2) is 13.9. The van der Waals surface area contributed by atoms with Gasteiger partial charge in [-0.15, -0.1) is 10.1 Å². The van der Waals surface area contributed by atoms with Gasteiger partial charge in [0.15, 0.2) is 6.54 Å². The molecule has 1 aromatic carbocycles. The van der Waals surface area contributed by atoms with Gasteiger partial charge in [-0.05, 0) is 68.6 Å². The summed E-state index contributed by atoms with van der Waals surface area (Å²) < 4.78 is 11.7. The number of likely N-dealkylation sites (N-methyl/N-ethyl adjacent to an activating group) is 1. The molecule has 0 radical (unpaired) electrons. The molecule has 3 saturated carbocycles. The monoisotopic (exact) mass is 704 g/mol. The third-order valence-corrected chi connectivity index (χ3v) is 8.66. The predicted molar refractivity (Wildman–Crippen MR) is 150 cm³/mol. The molecule has 11 nitrogen and oxygen atoms in total. The average Bonchev–Trinajstić information content (AvgIpc) is 2.83. The first-order chi connectivity index (χ1) is 18.9. The zero-order chi connectivity index (χ0) is 30.8. The first-order valence-corrected chi connectivity index (χ1v) is 14.3. The number of hydrogen-bond donors (Lipinski definition) is 1. The van der Waals surface area contributed by atoms with Gasteiger partial charge in [-0.3, -0.25) is 9.59 Å². The number of esters is 2. The molecule has 0 unspecified atom stereocenters. The van der Waals surface area contributed by atoms with Crippen LogP contribution in [0.3, 0.4) is 0 Å². The summed E-state index contributed by atoms with van der Waals surface area (Å²) in [4.78, 5) is 53.5. The highest BCUT2D eigenvalue weighted by Gasteiger charge is 2.59. The minimum absolute atomic E-state index is 0. The van der Waals surface area contributed by atoms with E-state index in [2.05, 4.69) is 18.7 Å². The second-order valence-corrected chi connectivity index (χ2v) is 13.6. The van der Waals surface area contributed by atoms with Crippen LogP contribution in [0, 0.1) is 27.4 Å². The number of phenolic OH excluding ortho intramolecular Hbond substituents is 1. The number of halogens is 1. The van der Waals surface area contributed by atoms with Gasteiger partial charge < -0.3 is 47.9 Å². The van der Waals surface area contributed by atoms with E-state index in [0.29, 0.717) is 34.9 Å². The number of hydrogen-bond acceptors (Lipinski definition) is 9. The summed E-state index contributed by atoms with van der Waals surface area (Å²) >= 11 is 0. The van der Waals surface area contributed by atoms with Crippen molar-refractivity contribution in [1.82, 2.24) is 0 Å². The van der Waals surface area contributed by atoms with E-state index in [4.69, 9.17) is 9.47 Å². The molecule has 3 aliphatic rings. The first kappa shape index (κ1) is 35.7. The summed E-state index contributed by atoms with van der Waals surface area (Å²) in [6.07, 6.45) is 3.56. The molecule has 236 valence electrons. The lowest BCUT2D eigenvalue weighted by molar-refractivity contribution is -0.862. The third kappa shape index (κ3) is 8.33. The van der Waals surface area contributed by atoms with E-state index >= 15 is 0 Å². The Morgan fingerprint density at radius 2 is 1.74 bits per heavy atom. The summed E-state index contributed by atoms with van der Waals surface area (Å²) in [5, 5.41) is 20.7. The van der Waals surface area contributed by atoms with Crippen LogP contribution < -0.4 is 28.7 Å². The molecule has 1 N–H and O–H groups in total. The highest BCUT2D eigenvalue weighted by Crippen LogP contribution is 2.64. The Labute approximate surface area is 265 Å². The van der Waals surface area contributed by atoms with Crippen molar-refractivity contribution in [2.24, 2.45) is 17.3 Å². The fourth-order valence-corrected chi connectivity index (χ4v) is 6.13. The minimum atomic E-state index is -1.17. The smallest absolute Gasteiger partial charge is 0.367 e. The highest BCUT2D eigenvalue weighted by atomic mass is 127. The molecule has 0 saturated heterocycles. The van der Waals surface area contributed by atoms with Crippen LogP contribution in [0.15, 0.2) is 12.1 Å². The number of aromatic hydroxyl groups is 1. The topological polar surface area (TPSA) is 142 Å². The molecule has 0 aliphatic heterocycles. The molecule has 2 bridgehead atoms. The van der Waals surface area contributed by atoms with Gasteiger partial charge in [0, 0.05) is 23.8 Å². The molecule has 0 heterocycles. The standard InChI is InChI=1S/C30H44N2O9.HI/c1-29(2,28(36)39-12-10-8-9-11-13-40-31(37)38)19-14-24(34)27(25(15-19)41-26(35)18-32(5,6)7)20-16-23(33)22-17-21(20)30(22,3)4;/h14-15,20-22H,8-13,16-18H2,1-7H3;1H/t20-,21-,22+;/m0./s1. The lowest BCUT2D eigenvalue weighted by Gasteiger charge is -2.59. The average molecular weight is 705 g/mol. The fraction of sp³-hybridized carbons (Fsp3) is 0.700. The van der Waals surface area contributed by atoms with Crippen molar-refractivity contribution < 1.29 is 67.3 Å². The van der Waals surface area contributed by atoms with Crippen molar-refractivity contribution in [3.8, 4) is 11.5 Å². The van der Waals surface area contributed by atoms with Crippen LogP contribution in [0.25, 0.3) is 0 Å². The molecule has 0 spiro atoms. The number of ether oxygens (including phenoxy) is 2. The Kier molecular flexibility index (Phi) is 11.8. The van der Waals surface area contributed by atoms with Crippen LogP contribution in [0.2, 0.25) is 0 Å². The molecule has 0 amide bonds. The lowest BCUT2D eigenvalue weighted by atomic mass is 9.44. The van der Waals surface area contributed by atoms with E-state index in [-0.39, 0.29) is 90.6 Å². The maximum absolute atomic E-state index is 13.1. The van der Waals surface area contributed by atoms with Crippen LogP contribution in [-0.2, 0) is 29.4 Å².